The maximum Gasteiger partial charge on any atom is 0.287 e. The second kappa shape index (κ2) is 8.12. The van der Waals surface area contributed by atoms with Gasteiger partial charge < -0.3 is 15.2 Å². The highest BCUT2D eigenvalue weighted by atomic mass is 19.1. The summed E-state index contributed by atoms with van der Waals surface area (Å²) in [6.45, 7) is 3.30. The van der Waals surface area contributed by atoms with Crippen molar-refractivity contribution in [2.75, 3.05) is 6.54 Å². The molecule has 2 heterocycles. The zero-order chi connectivity index (χ0) is 18.5. The van der Waals surface area contributed by atoms with Crippen molar-refractivity contribution in [1.29, 1.82) is 0 Å². The van der Waals surface area contributed by atoms with Crippen LogP contribution in [0.1, 0.15) is 58.6 Å². The number of fused-ring (bicyclic) bond motifs is 1. The normalized spacial score (nSPS) is 13.2. The van der Waals surface area contributed by atoms with Gasteiger partial charge in [0.05, 0.1) is 5.69 Å². The summed E-state index contributed by atoms with van der Waals surface area (Å²) < 4.78 is 15.6. The summed E-state index contributed by atoms with van der Waals surface area (Å²) in [5.41, 5.74) is 1.46. The number of nitrogens with zero attached hydrogens (tertiary/aromatic N) is 2. The van der Waals surface area contributed by atoms with Crippen molar-refractivity contribution in [2.24, 2.45) is 0 Å². The zero-order valence-electron chi connectivity index (χ0n) is 14.8. The highest BCUT2D eigenvalue weighted by molar-refractivity contribution is 5.97. The van der Waals surface area contributed by atoms with Crippen LogP contribution in [0.3, 0.4) is 0 Å². The first-order valence-corrected chi connectivity index (χ1v) is 9.01. The molecule has 0 saturated carbocycles. The van der Waals surface area contributed by atoms with Crippen molar-refractivity contribution in [3.63, 3.8) is 0 Å². The maximum atomic E-state index is 13.7. The van der Waals surface area contributed by atoms with Gasteiger partial charge >= 0.3 is 0 Å². The number of aromatic nitrogens is 2. The number of rotatable bonds is 6. The lowest BCUT2D eigenvalue weighted by Gasteiger charge is -2.17. The van der Waals surface area contributed by atoms with Crippen LogP contribution in [0.2, 0.25) is 0 Å². The van der Waals surface area contributed by atoms with E-state index in [9.17, 15) is 14.0 Å². The van der Waals surface area contributed by atoms with Gasteiger partial charge in [0, 0.05) is 25.2 Å². The van der Waals surface area contributed by atoms with Crippen molar-refractivity contribution in [3.8, 4) is 0 Å². The molecule has 1 aromatic heterocycles. The van der Waals surface area contributed by atoms with Crippen LogP contribution in [0.5, 0.6) is 0 Å². The Morgan fingerprint density at radius 3 is 2.77 bits per heavy atom. The molecule has 3 rings (SSSR count). The Labute approximate surface area is 151 Å². The summed E-state index contributed by atoms with van der Waals surface area (Å²) in [4.78, 5) is 29.3. The monoisotopic (exact) mass is 358 g/mol. The number of amides is 2. The summed E-state index contributed by atoms with van der Waals surface area (Å²) in [6.07, 6.45) is 3.44. The molecule has 0 atom stereocenters. The van der Waals surface area contributed by atoms with E-state index in [0.29, 0.717) is 25.1 Å². The third-order valence-corrected chi connectivity index (χ3v) is 4.47. The molecule has 0 aliphatic carbocycles. The minimum atomic E-state index is -0.381. The largest absolute Gasteiger partial charge is 0.349 e. The summed E-state index contributed by atoms with van der Waals surface area (Å²) in [7, 11) is 0. The molecular weight excluding hydrogens is 335 g/mol. The average molecular weight is 358 g/mol. The van der Waals surface area contributed by atoms with Crippen LogP contribution < -0.4 is 10.6 Å². The second-order valence-corrected chi connectivity index (χ2v) is 6.37. The Hall–Kier alpha value is -2.70. The molecule has 2 aromatic rings. The van der Waals surface area contributed by atoms with E-state index in [-0.39, 0.29) is 35.7 Å². The standard InChI is InChI=1S/C19H23FN4O2/c1-2-10-21-19(26)17-23-16(15-9-5-6-11-24(15)17)18(25)22-12-13-7-3-4-8-14(13)20/h3-4,7-8H,2,5-6,9-12H2,1H3,(H,21,26)(H,22,25). The van der Waals surface area contributed by atoms with Crippen LogP contribution in [-0.2, 0) is 19.5 Å². The van der Waals surface area contributed by atoms with Crippen molar-refractivity contribution < 1.29 is 14.0 Å². The van der Waals surface area contributed by atoms with Gasteiger partial charge in [0.1, 0.15) is 11.5 Å². The van der Waals surface area contributed by atoms with Gasteiger partial charge in [0.2, 0.25) is 0 Å². The van der Waals surface area contributed by atoms with Crippen LogP contribution in [0, 0.1) is 5.82 Å². The van der Waals surface area contributed by atoms with Gasteiger partial charge in [-0.25, -0.2) is 9.37 Å². The van der Waals surface area contributed by atoms with Gasteiger partial charge in [-0.3, -0.25) is 9.59 Å². The molecule has 2 amide bonds. The summed E-state index contributed by atoms with van der Waals surface area (Å²) in [5.74, 6) is -0.722. The molecule has 2 N–H and O–H groups in total. The predicted octanol–water partition coefficient (Wildman–Crippen LogP) is 2.43. The van der Waals surface area contributed by atoms with Crippen LogP contribution in [0.4, 0.5) is 4.39 Å². The number of carbonyl (C=O) groups is 2. The lowest BCUT2D eigenvalue weighted by atomic mass is 10.1. The number of carbonyl (C=O) groups excluding carboxylic acids is 2. The van der Waals surface area contributed by atoms with E-state index in [2.05, 4.69) is 15.6 Å². The van der Waals surface area contributed by atoms with Gasteiger partial charge in [0.15, 0.2) is 5.82 Å². The molecule has 0 fully saturated rings. The Balaban J connectivity index is 1.80. The molecule has 138 valence electrons. The fraction of sp³-hybridized carbons (Fsp3) is 0.421. The third kappa shape index (κ3) is 3.76. The Kier molecular flexibility index (Phi) is 5.65. The van der Waals surface area contributed by atoms with Gasteiger partial charge in [-0.1, -0.05) is 25.1 Å². The fourth-order valence-corrected chi connectivity index (χ4v) is 3.12. The second-order valence-electron chi connectivity index (χ2n) is 6.37. The van der Waals surface area contributed by atoms with Gasteiger partial charge in [-0.15, -0.1) is 0 Å². The molecule has 0 saturated heterocycles. The van der Waals surface area contributed by atoms with E-state index in [1.54, 1.807) is 18.2 Å². The molecule has 6 nitrogen and oxygen atoms in total. The number of halogens is 1. The first kappa shape index (κ1) is 18.1. The van der Waals surface area contributed by atoms with Crippen LogP contribution in [-0.4, -0.2) is 27.9 Å². The lowest BCUT2D eigenvalue weighted by Crippen LogP contribution is -2.28. The average Bonchev–Trinajstić information content (AvgIpc) is 3.05. The van der Waals surface area contributed by atoms with E-state index in [1.165, 1.54) is 6.07 Å². The number of nitrogens with one attached hydrogen (secondary N) is 2. The first-order valence-electron chi connectivity index (χ1n) is 9.01. The number of hydrogen-bond donors (Lipinski definition) is 2. The number of hydrogen-bond acceptors (Lipinski definition) is 3. The topological polar surface area (TPSA) is 76.0 Å². The molecule has 26 heavy (non-hydrogen) atoms. The molecule has 7 heteroatoms. The van der Waals surface area contributed by atoms with Gasteiger partial charge in [0.25, 0.3) is 11.8 Å². The van der Waals surface area contributed by atoms with Crippen molar-refractivity contribution >= 4 is 11.8 Å². The fourth-order valence-electron chi connectivity index (χ4n) is 3.12. The molecule has 0 bridgehead atoms. The van der Waals surface area contributed by atoms with Gasteiger partial charge in [-0.05, 0) is 31.7 Å². The highest BCUT2D eigenvalue weighted by Crippen LogP contribution is 2.21. The maximum absolute atomic E-state index is 13.7. The van der Waals surface area contributed by atoms with Crippen LogP contribution in [0.25, 0.3) is 0 Å². The minimum absolute atomic E-state index is 0.0785. The van der Waals surface area contributed by atoms with E-state index in [0.717, 1.165) is 25.0 Å². The van der Waals surface area contributed by atoms with Crippen molar-refractivity contribution in [1.82, 2.24) is 20.2 Å². The Morgan fingerprint density at radius 2 is 2.00 bits per heavy atom. The van der Waals surface area contributed by atoms with E-state index in [1.807, 2.05) is 11.5 Å². The van der Waals surface area contributed by atoms with Crippen LogP contribution >= 0.6 is 0 Å². The number of benzene rings is 1. The lowest BCUT2D eigenvalue weighted by molar-refractivity contribution is 0.0937. The van der Waals surface area contributed by atoms with Crippen molar-refractivity contribution in [2.45, 2.75) is 45.7 Å². The minimum Gasteiger partial charge on any atom is -0.349 e. The Morgan fingerprint density at radius 1 is 1.19 bits per heavy atom. The smallest absolute Gasteiger partial charge is 0.287 e. The number of imidazole rings is 1. The third-order valence-electron chi connectivity index (χ3n) is 4.47. The predicted molar refractivity (Wildman–Crippen MR) is 95.4 cm³/mol. The van der Waals surface area contributed by atoms with E-state index >= 15 is 0 Å². The molecule has 0 radical (unpaired) electrons. The van der Waals surface area contributed by atoms with Crippen LogP contribution in [0.15, 0.2) is 24.3 Å². The summed E-state index contributed by atoms with van der Waals surface area (Å²) in [5, 5.41) is 5.53. The molecule has 0 unspecified atom stereocenters. The zero-order valence-corrected chi connectivity index (χ0v) is 14.8. The molecule has 1 aliphatic rings. The summed E-state index contributed by atoms with van der Waals surface area (Å²) >= 11 is 0. The molecule has 1 aromatic carbocycles. The Bertz CT molecular complexity index is 816. The van der Waals surface area contributed by atoms with E-state index in [4.69, 9.17) is 0 Å². The first-order chi connectivity index (χ1) is 12.6. The van der Waals surface area contributed by atoms with E-state index < -0.39 is 0 Å². The highest BCUT2D eigenvalue weighted by Gasteiger charge is 2.27. The quantitative estimate of drug-likeness (QED) is 0.833. The SMILES string of the molecule is CCCNC(=O)c1nc(C(=O)NCc2ccccc2F)c2n1CCCC2. The molecule has 0 spiro atoms. The van der Waals surface area contributed by atoms with Gasteiger partial charge in [-0.2, -0.15) is 0 Å². The van der Waals surface area contributed by atoms with Crippen molar-refractivity contribution in [3.05, 3.63) is 52.9 Å². The molecular formula is C19H23FN4O2. The summed E-state index contributed by atoms with van der Waals surface area (Å²) in [6, 6.07) is 6.31. The molecule has 1 aliphatic heterocycles.